The van der Waals surface area contributed by atoms with Gasteiger partial charge < -0.3 is 9.94 Å². The zero-order valence-electron chi connectivity index (χ0n) is 12.4. The van der Waals surface area contributed by atoms with Crippen LogP contribution in [0.15, 0.2) is 16.5 Å². The molecule has 0 heterocycles. The molecular weight excluding hydrogens is 242 g/mol. The Morgan fingerprint density at radius 3 is 2.68 bits per heavy atom. The monoisotopic (exact) mass is 267 g/mol. The highest BCUT2D eigenvalue weighted by Gasteiger charge is 2.31. The zero-order chi connectivity index (χ0) is 14.4. The predicted molar refractivity (Wildman–Crippen MR) is 76.2 cm³/mol. The minimum Gasteiger partial charge on any atom is -0.511 e. The van der Waals surface area contributed by atoms with Crippen LogP contribution < -0.4 is 0 Å². The average molecular weight is 267 g/mol. The number of aliphatic hydroxyl groups excluding tert-OH is 1. The predicted octanol–water partition coefficient (Wildman–Crippen LogP) is 3.63. The number of hydrogen-bond donors (Lipinski definition) is 1. The first-order valence-corrected chi connectivity index (χ1v) is 7.16. The van der Waals surface area contributed by atoms with E-state index in [9.17, 15) is 9.90 Å². The third kappa shape index (κ3) is 4.08. The number of allylic oxidation sites excluding steroid dienone is 2. The van der Waals surface area contributed by atoms with Crippen LogP contribution in [-0.4, -0.2) is 23.2 Å². The molecule has 0 fully saturated rings. The molecule has 0 saturated heterocycles. The Balaban J connectivity index is 3.06. The lowest BCUT2D eigenvalue weighted by molar-refractivity contribution is -0.116. The number of hydrogen-bond acceptors (Lipinski definition) is 4. The van der Waals surface area contributed by atoms with E-state index in [1.165, 1.54) is 0 Å². The van der Waals surface area contributed by atoms with E-state index in [-0.39, 0.29) is 17.5 Å². The van der Waals surface area contributed by atoms with Gasteiger partial charge in [0.05, 0.1) is 11.3 Å². The van der Waals surface area contributed by atoms with Crippen molar-refractivity contribution in [3.05, 3.63) is 11.3 Å². The Kier molecular flexibility index (Phi) is 6.06. The number of carbonyl (C=O) groups is 1. The Labute approximate surface area is 115 Å². The van der Waals surface area contributed by atoms with Crippen LogP contribution in [0.2, 0.25) is 0 Å². The van der Waals surface area contributed by atoms with E-state index in [1.807, 2.05) is 13.8 Å². The molecule has 1 aliphatic carbocycles. The Hall–Kier alpha value is -1.32. The molecule has 0 aromatic rings. The summed E-state index contributed by atoms with van der Waals surface area (Å²) >= 11 is 0. The largest absolute Gasteiger partial charge is 0.511 e. The molecule has 4 nitrogen and oxygen atoms in total. The van der Waals surface area contributed by atoms with E-state index in [4.69, 9.17) is 4.84 Å². The quantitative estimate of drug-likeness (QED) is 0.590. The maximum atomic E-state index is 12.0. The van der Waals surface area contributed by atoms with Crippen LogP contribution in [0.3, 0.4) is 0 Å². The van der Waals surface area contributed by atoms with Crippen LogP contribution in [0, 0.1) is 11.8 Å². The van der Waals surface area contributed by atoms with Crippen molar-refractivity contribution in [2.75, 3.05) is 6.61 Å². The molecule has 0 bridgehead atoms. The Morgan fingerprint density at radius 2 is 2.16 bits per heavy atom. The first kappa shape index (κ1) is 15.7. The molecule has 0 aromatic carbocycles. The summed E-state index contributed by atoms with van der Waals surface area (Å²) in [7, 11) is 0. The lowest BCUT2D eigenvalue weighted by atomic mass is 9.81. The molecule has 1 unspecified atom stereocenters. The van der Waals surface area contributed by atoms with Crippen LogP contribution in [0.4, 0.5) is 0 Å². The molecule has 1 N–H and O–H groups in total. The molecule has 0 amide bonds. The van der Waals surface area contributed by atoms with Crippen LogP contribution in [-0.2, 0) is 9.63 Å². The molecule has 1 aliphatic rings. The van der Waals surface area contributed by atoms with Gasteiger partial charge >= 0.3 is 0 Å². The van der Waals surface area contributed by atoms with Crippen LogP contribution in [0.25, 0.3) is 0 Å². The van der Waals surface area contributed by atoms with Gasteiger partial charge in [0.2, 0.25) is 0 Å². The highest BCUT2D eigenvalue weighted by Crippen LogP contribution is 2.32. The van der Waals surface area contributed by atoms with Crippen molar-refractivity contribution in [3.63, 3.8) is 0 Å². The Morgan fingerprint density at radius 1 is 1.47 bits per heavy atom. The molecule has 4 heteroatoms. The van der Waals surface area contributed by atoms with Gasteiger partial charge in [0.15, 0.2) is 5.78 Å². The fourth-order valence-electron chi connectivity index (χ4n) is 2.45. The number of nitrogens with zero attached hydrogens (tertiary/aromatic N) is 1. The molecule has 1 atom stereocenters. The van der Waals surface area contributed by atoms with E-state index in [2.05, 4.69) is 19.0 Å². The van der Waals surface area contributed by atoms with E-state index < -0.39 is 0 Å². The van der Waals surface area contributed by atoms with E-state index in [1.54, 1.807) is 0 Å². The number of Topliss-reactive ketones (excluding diaryl/α,β-unsaturated/α-hetero) is 1. The summed E-state index contributed by atoms with van der Waals surface area (Å²) in [4.78, 5) is 17.1. The summed E-state index contributed by atoms with van der Waals surface area (Å²) in [5.41, 5.74) is 0.964. The summed E-state index contributed by atoms with van der Waals surface area (Å²) in [5.74, 6) is 0.768. The van der Waals surface area contributed by atoms with Crippen LogP contribution >= 0.6 is 0 Å². The second kappa shape index (κ2) is 7.31. The van der Waals surface area contributed by atoms with Gasteiger partial charge in [0.1, 0.15) is 12.4 Å². The van der Waals surface area contributed by atoms with Crippen molar-refractivity contribution < 1.29 is 14.7 Å². The van der Waals surface area contributed by atoms with Gasteiger partial charge in [-0.05, 0) is 32.1 Å². The van der Waals surface area contributed by atoms with Crippen molar-refractivity contribution in [2.45, 2.75) is 53.4 Å². The number of oxime groups is 1. The molecule has 0 saturated carbocycles. The minimum atomic E-state index is -0.0159. The molecule has 0 aliphatic heterocycles. The van der Waals surface area contributed by atoms with Crippen molar-refractivity contribution in [1.82, 2.24) is 0 Å². The summed E-state index contributed by atoms with van der Waals surface area (Å²) in [6.07, 6.45) is 2.70. The summed E-state index contributed by atoms with van der Waals surface area (Å²) < 4.78 is 0. The first-order valence-electron chi connectivity index (χ1n) is 7.16. The first-order chi connectivity index (χ1) is 9.01. The lowest BCUT2D eigenvalue weighted by Crippen LogP contribution is -2.25. The average Bonchev–Trinajstić information content (AvgIpc) is 2.36. The van der Waals surface area contributed by atoms with Crippen molar-refractivity contribution >= 4 is 11.5 Å². The second-order valence-electron chi connectivity index (χ2n) is 5.36. The SMILES string of the molecule is CCON=C(CC)C1=C(O)C(CC(C)C)CCC1=O. The standard InChI is InChI=1S/C15H25NO3/c1-5-12(16-19-6-2)14-13(17)8-7-11(15(14)18)9-10(3)4/h10-11,18H,5-9H2,1-4H3. The van der Waals surface area contributed by atoms with E-state index in [0.29, 0.717) is 36.7 Å². The minimum absolute atomic E-state index is 0.0159. The van der Waals surface area contributed by atoms with Crippen molar-refractivity contribution in [1.29, 1.82) is 0 Å². The normalized spacial score (nSPS) is 21.2. The molecule has 19 heavy (non-hydrogen) atoms. The number of aliphatic hydroxyl groups is 1. The lowest BCUT2D eigenvalue weighted by Gasteiger charge is -2.25. The fraction of sp³-hybridized carbons (Fsp3) is 0.733. The maximum Gasteiger partial charge on any atom is 0.168 e. The van der Waals surface area contributed by atoms with Gasteiger partial charge in [-0.2, -0.15) is 0 Å². The maximum absolute atomic E-state index is 12.0. The van der Waals surface area contributed by atoms with Crippen LogP contribution in [0.5, 0.6) is 0 Å². The molecule has 0 aromatic heterocycles. The van der Waals surface area contributed by atoms with Gasteiger partial charge in [0.25, 0.3) is 0 Å². The highest BCUT2D eigenvalue weighted by molar-refractivity contribution is 6.22. The van der Waals surface area contributed by atoms with E-state index in [0.717, 1.165) is 12.8 Å². The molecule has 0 radical (unpaired) electrons. The molecule has 1 rings (SSSR count). The fourth-order valence-corrected chi connectivity index (χ4v) is 2.45. The third-order valence-corrected chi connectivity index (χ3v) is 3.32. The smallest absolute Gasteiger partial charge is 0.168 e. The van der Waals surface area contributed by atoms with E-state index >= 15 is 0 Å². The summed E-state index contributed by atoms with van der Waals surface area (Å²) in [6.45, 7) is 8.46. The number of rotatable bonds is 6. The molecular formula is C15H25NO3. The van der Waals surface area contributed by atoms with Crippen molar-refractivity contribution in [3.8, 4) is 0 Å². The van der Waals surface area contributed by atoms with Crippen LogP contribution in [0.1, 0.15) is 53.4 Å². The summed E-state index contributed by atoms with van der Waals surface area (Å²) in [6, 6.07) is 0. The Bertz CT molecular complexity index is 383. The zero-order valence-corrected chi connectivity index (χ0v) is 12.4. The third-order valence-electron chi connectivity index (χ3n) is 3.32. The highest BCUT2D eigenvalue weighted by atomic mass is 16.6. The summed E-state index contributed by atoms with van der Waals surface area (Å²) in [5, 5.41) is 14.3. The second-order valence-corrected chi connectivity index (χ2v) is 5.36. The number of carbonyl (C=O) groups excluding carboxylic acids is 1. The van der Waals surface area contributed by atoms with Gasteiger partial charge in [-0.1, -0.05) is 25.9 Å². The molecule has 108 valence electrons. The van der Waals surface area contributed by atoms with Gasteiger partial charge in [-0.15, -0.1) is 0 Å². The van der Waals surface area contributed by atoms with Gasteiger partial charge in [-0.3, -0.25) is 4.79 Å². The van der Waals surface area contributed by atoms with Gasteiger partial charge in [-0.25, -0.2) is 0 Å². The van der Waals surface area contributed by atoms with Gasteiger partial charge in [0, 0.05) is 12.3 Å². The van der Waals surface area contributed by atoms with Crippen molar-refractivity contribution in [2.24, 2.45) is 17.0 Å². The topological polar surface area (TPSA) is 58.9 Å². The molecule has 0 spiro atoms. The number of ketones is 1.